The van der Waals surface area contributed by atoms with Gasteiger partial charge in [-0.2, -0.15) is 0 Å². The molecule has 0 amide bonds. The minimum Gasteiger partial charge on any atom is -0.0782 e. The molecule has 18 heavy (non-hydrogen) atoms. The fraction of sp³-hybridized carbons (Fsp3) is 0.875. The van der Waals surface area contributed by atoms with Crippen LogP contribution in [0.5, 0.6) is 0 Å². The van der Waals surface area contributed by atoms with E-state index in [1.54, 1.807) is 6.42 Å². The van der Waals surface area contributed by atoms with Crippen LogP contribution in [0.2, 0.25) is 5.21 Å². The van der Waals surface area contributed by atoms with Gasteiger partial charge < -0.3 is 0 Å². The van der Waals surface area contributed by atoms with Gasteiger partial charge in [-0.05, 0) is 74.5 Å². The van der Waals surface area contributed by atoms with Gasteiger partial charge in [-0.3, -0.25) is 0 Å². The number of hydrogen-bond donors (Lipinski definition) is 0. The Labute approximate surface area is 114 Å². The van der Waals surface area contributed by atoms with Crippen LogP contribution in [-0.4, -0.2) is 15.7 Å². The molecule has 0 nitrogen and oxygen atoms in total. The first kappa shape index (κ1) is 11.7. The van der Waals surface area contributed by atoms with Crippen molar-refractivity contribution in [3.05, 3.63) is 11.1 Å². The van der Waals surface area contributed by atoms with Crippen LogP contribution in [0.4, 0.5) is 0 Å². The van der Waals surface area contributed by atoms with E-state index in [2.05, 4.69) is 22.6 Å². The van der Waals surface area contributed by atoms with Gasteiger partial charge in [-0.15, -0.1) is 0 Å². The predicted octanol–water partition coefficient (Wildman–Crippen LogP) is 2.70. The summed E-state index contributed by atoms with van der Waals surface area (Å²) in [6.45, 7) is 2.52. The summed E-state index contributed by atoms with van der Waals surface area (Å²) in [5, 5.41) is 0.483. The molecule has 0 heterocycles. The Balaban J connectivity index is 1.91. The van der Waals surface area contributed by atoms with Crippen LogP contribution >= 0.6 is 0 Å². The first-order valence-corrected chi connectivity index (χ1v) is 8.22. The summed E-state index contributed by atoms with van der Waals surface area (Å²) in [7, 11) is 5.04. The van der Waals surface area contributed by atoms with Crippen LogP contribution in [-0.2, 0) is 0 Å². The Kier molecular flexibility index (Phi) is 2.27. The van der Waals surface area contributed by atoms with E-state index in [-0.39, 0.29) is 0 Å². The molecule has 0 N–H and O–H groups in total. The van der Waals surface area contributed by atoms with Crippen molar-refractivity contribution in [3.63, 3.8) is 0 Å². The number of allylic oxidation sites excluding steroid dienone is 2. The summed E-state index contributed by atoms with van der Waals surface area (Å²) in [5.41, 5.74) is 4.56. The molecule has 4 bridgehead atoms. The van der Waals surface area contributed by atoms with E-state index < -0.39 is 0 Å². The van der Waals surface area contributed by atoms with Gasteiger partial charge in [-0.25, -0.2) is 0 Å². The van der Waals surface area contributed by atoms with Gasteiger partial charge in [0.2, 0.25) is 0 Å². The molecule has 0 aromatic rings. The number of hydrogen-bond acceptors (Lipinski definition) is 0. The van der Waals surface area contributed by atoms with Gasteiger partial charge in [0.05, 0.1) is 15.7 Å². The quantitative estimate of drug-likeness (QED) is 0.488. The van der Waals surface area contributed by atoms with Crippen LogP contribution in [0.25, 0.3) is 0 Å². The third-order valence-corrected chi connectivity index (χ3v) is 7.05. The smallest absolute Gasteiger partial charge is 0.0782 e. The van der Waals surface area contributed by atoms with E-state index >= 15 is 0 Å². The number of fused-ring (bicyclic) bond motifs is 2. The molecule has 0 saturated heterocycles. The Morgan fingerprint density at radius 1 is 1.11 bits per heavy atom. The Morgan fingerprint density at radius 2 is 1.94 bits per heavy atom. The van der Waals surface area contributed by atoms with Crippen molar-refractivity contribution in [1.29, 1.82) is 0 Å². The lowest BCUT2D eigenvalue weighted by molar-refractivity contribution is 0.0803. The predicted molar refractivity (Wildman–Crippen MR) is 82.3 cm³/mol. The van der Waals surface area contributed by atoms with E-state index in [1.807, 2.05) is 11.1 Å². The van der Waals surface area contributed by atoms with Crippen molar-refractivity contribution in [1.82, 2.24) is 0 Å². The van der Waals surface area contributed by atoms with Crippen LogP contribution < -0.4 is 0 Å². The van der Waals surface area contributed by atoms with Crippen LogP contribution in [0.15, 0.2) is 11.1 Å². The zero-order chi connectivity index (χ0) is 12.5. The minimum absolute atomic E-state index is 0.483. The highest BCUT2D eigenvalue weighted by Gasteiger charge is 2.54. The van der Waals surface area contributed by atoms with Crippen molar-refractivity contribution in [3.8, 4) is 0 Å². The van der Waals surface area contributed by atoms with Gasteiger partial charge in [-0.1, -0.05) is 23.3 Å². The summed E-state index contributed by atoms with van der Waals surface area (Å²) in [6, 6.07) is 0. The second-order valence-electron chi connectivity index (χ2n) is 8.73. The second-order valence-corrected chi connectivity index (χ2v) is 8.73. The maximum Gasteiger partial charge on any atom is 0.0999 e. The van der Waals surface area contributed by atoms with Crippen LogP contribution in [0.1, 0.15) is 58.3 Å². The molecule has 4 atom stereocenters. The maximum atomic E-state index is 2.52. The molecule has 0 spiro atoms. The molecular formula is C16H26B2. The van der Waals surface area contributed by atoms with Crippen LogP contribution in [0.3, 0.4) is 0 Å². The summed E-state index contributed by atoms with van der Waals surface area (Å²) < 4.78 is 0. The fourth-order valence-electron chi connectivity index (χ4n) is 6.08. The van der Waals surface area contributed by atoms with Gasteiger partial charge in [0.25, 0.3) is 0 Å². The monoisotopic (exact) mass is 240 g/mol. The zero-order valence-corrected chi connectivity index (χ0v) is 12.4. The molecular weight excluding hydrogens is 214 g/mol. The lowest BCUT2D eigenvalue weighted by Gasteiger charge is -2.61. The highest BCUT2D eigenvalue weighted by Crippen LogP contribution is 2.67. The molecule has 0 aromatic carbocycles. The Hall–Kier alpha value is -0.130. The standard InChI is InChI=1S/C16H26B2/c1-15(17,18)16-5-4-10-6-12-3-2-11(9-16)7-13(12)14(16)8-10/h10-12H,2-9,17-18H2,1H3. The molecule has 2 heteroatoms. The molecule has 4 unspecified atom stereocenters. The lowest BCUT2D eigenvalue weighted by Crippen LogP contribution is -2.49. The van der Waals surface area contributed by atoms with Gasteiger partial charge in [0.1, 0.15) is 0 Å². The topological polar surface area (TPSA) is 0 Å². The molecule has 4 aliphatic rings. The first-order valence-electron chi connectivity index (χ1n) is 8.22. The Bertz CT molecular complexity index is 417. The first-order chi connectivity index (χ1) is 8.49. The minimum atomic E-state index is 0.483. The van der Waals surface area contributed by atoms with E-state index in [4.69, 9.17) is 0 Å². The maximum absolute atomic E-state index is 2.52. The SMILES string of the molecule is BC(B)(C)C12CCC3CC1=C1CC(CCC1C3)C2. The second kappa shape index (κ2) is 3.49. The normalized spacial score (nSPS) is 46.4. The van der Waals surface area contributed by atoms with E-state index in [0.717, 1.165) is 17.8 Å². The average Bonchev–Trinajstić information content (AvgIpc) is 2.35. The molecule has 0 radical (unpaired) electrons. The fourth-order valence-corrected chi connectivity index (χ4v) is 6.08. The van der Waals surface area contributed by atoms with E-state index in [9.17, 15) is 0 Å². The summed E-state index contributed by atoms with van der Waals surface area (Å²) >= 11 is 0. The largest absolute Gasteiger partial charge is 0.0999 e. The van der Waals surface area contributed by atoms with Gasteiger partial charge >= 0.3 is 0 Å². The molecule has 4 aliphatic carbocycles. The molecule has 4 rings (SSSR count). The van der Waals surface area contributed by atoms with Crippen molar-refractivity contribution in [2.24, 2.45) is 23.2 Å². The summed E-state index contributed by atoms with van der Waals surface area (Å²) in [5.74, 6) is 3.10. The summed E-state index contributed by atoms with van der Waals surface area (Å²) in [6.07, 6.45) is 12.1. The highest BCUT2D eigenvalue weighted by molar-refractivity contribution is 6.40. The Morgan fingerprint density at radius 3 is 2.72 bits per heavy atom. The van der Waals surface area contributed by atoms with Gasteiger partial charge in [0.15, 0.2) is 0 Å². The lowest BCUT2D eigenvalue weighted by atomic mass is 9.34. The summed E-state index contributed by atoms with van der Waals surface area (Å²) in [4.78, 5) is 0. The van der Waals surface area contributed by atoms with Crippen LogP contribution in [0, 0.1) is 23.2 Å². The van der Waals surface area contributed by atoms with E-state index in [0.29, 0.717) is 10.6 Å². The number of rotatable bonds is 1. The van der Waals surface area contributed by atoms with Crippen molar-refractivity contribution in [2.45, 2.75) is 63.5 Å². The third-order valence-electron chi connectivity index (χ3n) is 7.05. The van der Waals surface area contributed by atoms with Crippen molar-refractivity contribution < 1.29 is 0 Å². The average molecular weight is 240 g/mol. The van der Waals surface area contributed by atoms with Crippen molar-refractivity contribution in [2.75, 3.05) is 0 Å². The highest BCUT2D eigenvalue weighted by atomic mass is 14.6. The third kappa shape index (κ3) is 1.36. The molecule has 0 aromatic heterocycles. The van der Waals surface area contributed by atoms with Crippen molar-refractivity contribution >= 4 is 15.7 Å². The zero-order valence-electron chi connectivity index (χ0n) is 12.4. The van der Waals surface area contributed by atoms with Gasteiger partial charge in [0, 0.05) is 0 Å². The molecule has 0 aliphatic heterocycles. The molecule has 2 saturated carbocycles. The molecule has 2 fully saturated rings. The molecule has 96 valence electrons. The van der Waals surface area contributed by atoms with E-state index in [1.165, 1.54) is 44.9 Å².